The maximum atomic E-state index is 13.6. The van der Waals surface area contributed by atoms with Gasteiger partial charge in [-0.15, -0.1) is 11.8 Å². The van der Waals surface area contributed by atoms with Crippen LogP contribution in [0.4, 0.5) is 0 Å². The first-order chi connectivity index (χ1) is 17.4. The van der Waals surface area contributed by atoms with Crippen LogP contribution >= 0.6 is 35.0 Å². The maximum Gasteiger partial charge on any atom is 0.243 e. The molecule has 3 rings (SSSR count). The Hall–Kier alpha value is -2.47. The Kier molecular flexibility index (Phi) is 11.2. The minimum Gasteiger partial charge on any atom is -0.352 e. The largest absolute Gasteiger partial charge is 0.352 e. The van der Waals surface area contributed by atoms with Crippen LogP contribution in [0.2, 0.25) is 10.0 Å². The van der Waals surface area contributed by atoms with E-state index in [-0.39, 0.29) is 23.6 Å². The zero-order chi connectivity index (χ0) is 25.9. The molecule has 0 fully saturated rings. The third-order valence-electron chi connectivity index (χ3n) is 5.98. The predicted octanol–water partition coefficient (Wildman–Crippen LogP) is 6.78. The maximum absolute atomic E-state index is 13.6. The Morgan fingerprint density at radius 3 is 2.25 bits per heavy atom. The number of amides is 2. The third kappa shape index (κ3) is 8.58. The second kappa shape index (κ2) is 14.3. The van der Waals surface area contributed by atoms with Crippen molar-refractivity contribution in [2.75, 3.05) is 5.75 Å². The smallest absolute Gasteiger partial charge is 0.243 e. The summed E-state index contributed by atoms with van der Waals surface area (Å²) in [5, 5.41) is 4.40. The Balaban J connectivity index is 1.85. The van der Waals surface area contributed by atoms with Crippen molar-refractivity contribution in [2.45, 2.75) is 51.1 Å². The average molecular weight is 544 g/mol. The van der Waals surface area contributed by atoms with Crippen molar-refractivity contribution >= 4 is 46.8 Å². The van der Waals surface area contributed by atoms with Gasteiger partial charge in [0, 0.05) is 34.8 Å². The number of nitrogens with zero attached hydrogens (tertiary/aromatic N) is 1. The molecule has 2 atom stereocenters. The summed E-state index contributed by atoms with van der Waals surface area (Å²) in [6, 6.07) is 24.2. The number of hydrogen-bond donors (Lipinski definition) is 1. The molecule has 0 aliphatic rings. The molecule has 0 spiro atoms. The highest BCUT2D eigenvalue weighted by Crippen LogP contribution is 2.23. The first kappa shape index (κ1) is 28.1. The predicted molar refractivity (Wildman–Crippen MR) is 151 cm³/mol. The highest BCUT2D eigenvalue weighted by molar-refractivity contribution is 7.99. The van der Waals surface area contributed by atoms with Crippen LogP contribution in [0.3, 0.4) is 0 Å². The van der Waals surface area contributed by atoms with Crippen molar-refractivity contribution in [1.29, 1.82) is 0 Å². The molecule has 0 bridgehead atoms. The van der Waals surface area contributed by atoms with Gasteiger partial charge >= 0.3 is 0 Å². The fourth-order valence-corrected chi connectivity index (χ4v) is 5.05. The molecule has 2 amide bonds. The lowest BCUT2D eigenvalue weighted by Crippen LogP contribution is -2.52. The number of hydrogen-bond acceptors (Lipinski definition) is 3. The fraction of sp³-hybridized carbons (Fsp3) is 0.310. The van der Waals surface area contributed by atoms with E-state index in [2.05, 4.69) is 5.32 Å². The molecule has 190 valence electrons. The zero-order valence-corrected chi connectivity index (χ0v) is 23.0. The van der Waals surface area contributed by atoms with Gasteiger partial charge in [-0.3, -0.25) is 9.59 Å². The van der Waals surface area contributed by atoms with Gasteiger partial charge in [0.15, 0.2) is 0 Å². The average Bonchev–Trinajstić information content (AvgIpc) is 2.88. The lowest BCUT2D eigenvalue weighted by atomic mass is 10.0. The van der Waals surface area contributed by atoms with Crippen LogP contribution in [-0.4, -0.2) is 34.6 Å². The van der Waals surface area contributed by atoms with Crippen LogP contribution in [0.25, 0.3) is 0 Å². The van der Waals surface area contributed by atoms with Gasteiger partial charge in [-0.05, 0) is 48.2 Å². The molecule has 4 nitrogen and oxygen atoms in total. The minimum atomic E-state index is -0.648. The van der Waals surface area contributed by atoms with Gasteiger partial charge in [-0.2, -0.15) is 0 Å². The van der Waals surface area contributed by atoms with Crippen molar-refractivity contribution in [3.63, 3.8) is 0 Å². The molecule has 7 heteroatoms. The molecule has 0 aliphatic heterocycles. The molecule has 3 aromatic rings. The molecule has 0 aliphatic carbocycles. The first-order valence-electron chi connectivity index (χ1n) is 12.1. The second-order valence-corrected chi connectivity index (χ2v) is 10.6. The molecule has 3 aromatic carbocycles. The quantitative estimate of drug-likeness (QED) is 0.274. The van der Waals surface area contributed by atoms with E-state index in [1.165, 1.54) is 11.8 Å². The van der Waals surface area contributed by atoms with E-state index in [1.807, 2.05) is 80.6 Å². The van der Waals surface area contributed by atoms with Crippen LogP contribution in [0.5, 0.6) is 0 Å². The van der Waals surface area contributed by atoms with Crippen molar-refractivity contribution in [3.8, 4) is 0 Å². The van der Waals surface area contributed by atoms with Gasteiger partial charge in [0.05, 0.1) is 5.75 Å². The van der Waals surface area contributed by atoms with Gasteiger partial charge in [0.1, 0.15) is 6.04 Å². The molecular formula is C29H32Cl2N2O2S. The number of nitrogens with one attached hydrogen (secondary N) is 1. The van der Waals surface area contributed by atoms with Crippen molar-refractivity contribution in [3.05, 3.63) is 106 Å². The summed E-state index contributed by atoms with van der Waals surface area (Å²) in [5.41, 5.74) is 2.90. The van der Waals surface area contributed by atoms with Gasteiger partial charge in [0.25, 0.3) is 0 Å². The molecule has 0 heterocycles. The van der Waals surface area contributed by atoms with E-state index in [0.29, 0.717) is 28.8 Å². The molecule has 0 saturated carbocycles. The summed E-state index contributed by atoms with van der Waals surface area (Å²) in [4.78, 5) is 28.8. The number of carbonyl (C=O) groups is 2. The lowest BCUT2D eigenvalue weighted by Gasteiger charge is -2.32. The standard InChI is InChI=1S/C29H32Cl2N2O2S/c1-3-21(2)32-29(35)27(17-22-9-5-4-6-10-22)33(18-23-13-15-25(30)16-14-23)28(34)20-36-19-24-11-7-8-12-26(24)31/h4-16,21,27H,3,17-20H2,1-2H3,(H,32,35)/t21-,27+/m1/s1. The number of rotatable bonds is 12. The second-order valence-electron chi connectivity index (χ2n) is 8.76. The van der Waals surface area contributed by atoms with E-state index in [0.717, 1.165) is 23.1 Å². The normalized spacial score (nSPS) is 12.6. The Bertz CT molecular complexity index is 1130. The molecule has 1 N–H and O–H groups in total. The number of halogens is 2. The van der Waals surface area contributed by atoms with Crippen LogP contribution in [0.1, 0.15) is 37.0 Å². The Morgan fingerprint density at radius 1 is 0.917 bits per heavy atom. The number of carbonyl (C=O) groups excluding carboxylic acids is 2. The summed E-state index contributed by atoms with van der Waals surface area (Å²) in [5.74, 6) is 0.609. The Labute approximate surface area is 228 Å². The van der Waals surface area contributed by atoms with E-state index >= 15 is 0 Å². The van der Waals surface area contributed by atoms with Gasteiger partial charge in [0.2, 0.25) is 11.8 Å². The molecular weight excluding hydrogens is 511 g/mol. The van der Waals surface area contributed by atoms with Gasteiger partial charge in [-0.1, -0.05) is 90.8 Å². The number of benzene rings is 3. The van der Waals surface area contributed by atoms with Crippen molar-refractivity contribution < 1.29 is 9.59 Å². The SMILES string of the molecule is CC[C@@H](C)NC(=O)[C@H](Cc1ccccc1)N(Cc1ccc(Cl)cc1)C(=O)CSCc1ccccc1Cl. The van der Waals surface area contributed by atoms with Crippen molar-refractivity contribution in [1.82, 2.24) is 10.2 Å². The number of thioether (sulfide) groups is 1. The van der Waals surface area contributed by atoms with Crippen LogP contribution < -0.4 is 5.32 Å². The van der Waals surface area contributed by atoms with Gasteiger partial charge in [-0.25, -0.2) is 0 Å². The molecule has 0 saturated heterocycles. The zero-order valence-electron chi connectivity index (χ0n) is 20.6. The summed E-state index contributed by atoms with van der Waals surface area (Å²) in [7, 11) is 0. The topological polar surface area (TPSA) is 49.4 Å². The van der Waals surface area contributed by atoms with Crippen LogP contribution in [0, 0.1) is 0 Å². The summed E-state index contributed by atoms with van der Waals surface area (Å²) >= 11 is 13.9. The minimum absolute atomic E-state index is 0.0119. The van der Waals surface area contributed by atoms with E-state index in [4.69, 9.17) is 23.2 Å². The highest BCUT2D eigenvalue weighted by atomic mass is 35.5. The third-order valence-corrected chi connectivity index (χ3v) is 7.57. The molecule has 0 radical (unpaired) electrons. The Morgan fingerprint density at radius 2 is 1.58 bits per heavy atom. The van der Waals surface area contributed by atoms with Crippen LogP contribution in [-0.2, 0) is 28.3 Å². The van der Waals surface area contributed by atoms with E-state index in [9.17, 15) is 9.59 Å². The van der Waals surface area contributed by atoms with E-state index in [1.54, 1.807) is 17.0 Å². The summed E-state index contributed by atoms with van der Waals surface area (Å²) in [6.45, 7) is 4.31. The summed E-state index contributed by atoms with van der Waals surface area (Å²) < 4.78 is 0. The lowest BCUT2D eigenvalue weighted by molar-refractivity contribution is -0.139. The summed E-state index contributed by atoms with van der Waals surface area (Å²) in [6.07, 6.45) is 1.24. The van der Waals surface area contributed by atoms with E-state index < -0.39 is 6.04 Å². The van der Waals surface area contributed by atoms with Crippen LogP contribution in [0.15, 0.2) is 78.9 Å². The van der Waals surface area contributed by atoms with Crippen molar-refractivity contribution in [2.24, 2.45) is 0 Å². The van der Waals surface area contributed by atoms with Gasteiger partial charge < -0.3 is 10.2 Å². The monoisotopic (exact) mass is 542 g/mol. The highest BCUT2D eigenvalue weighted by Gasteiger charge is 2.30. The fourth-order valence-electron chi connectivity index (χ4n) is 3.73. The first-order valence-corrected chi connectivity index (χ1v) is 14.0. The molecule has 0 unspecified atom stereocenters. The molecule has 0 aromatic heterocycles. The molecule has 36 heavy (non-hydrogen) atoms.